The Morgan fingerprint density at radius 2 is 1.91 bits per heavy atom. The van der Waals surface area contributed by atoms with Gasteiger partial charge in [-0.2, -0.15) is 0 Å². The van der Waals surface area contributed by atoms with Crippen LogP contribution in [0.25, 0.3) is 0 Å². The van der Waals surface area contributed by atoms with Crippen molar-refractivity contribution in [3.63, 3.8) is 0 Å². The number of rotatable bonds is 10. The molecule has 178 valence electrons. The van der Waals surface area contributed by atoms with E-state index in [0.29, 0.717) is 29.6 Å². The lowest BCUT2D eigenvalue weighted by Gasteiger charge is -2.24. The molecule has 0 spiro atoms. The van der Waals surface area contributed by atoms with Gasteiger partial charge in [0, 0.05) is 18.2 Å². The molecule has 1 fully saturated rings. The Kier molecular flexibility index (Phi) is 8.67. The van der Waals surface area contributed by atoms with Gasteiger partial charge in [0.2, 0.25) is 21.8 Å². The molecule has 0 bridgehead atoms. The Balaban J connectivity index is 1.72. The molecule has 2 amide bonds. The van der Waals surface area contributed by atoms with Gasteiger partial charge in [0.25, 0.3) is 0 Å². The Hall–Kier alpha value is -2.66. The topological polar surface area (TPSA) is 114 Å². The van der Waals surface area contributed by atoms with E-state index in [1.807, 2.05) is 0 Å². The first-order valence-electron chi connectivity index (χ1n) is 10.4. The number of nitrogens with zero attached hydrogens (tertiary/aromatic N) is 1. The monoisotopic (exact) mass is 495 g/mol. The molecule has 1 saturated heterocycles. The molecule has 11 heteroatoms. The molecule has 1 aliphatic heterocycles. The number of halogens is 1. The number of carbonyl (C=O) groups excluding carboxylic acids is 2. The van der Waals surface area contributed by atoms with Crippen LogP contribution in [0.4, 0.5) is 5.69 Å². The first-order valence-corrected chi connectivity index (χ1v) is 12.2. The lowest BCUT2D eigenvalue weighted by molar-refractivity contribution is -0.123. The number of carbonyl (C=O) groups is 2. The van der Waals surface area contributed by atoms with Crippen molar-refractivity contribution in [2.24, 2.45) is 0 Å². The molecule has 33 heavy (non-hydrogen) atoms. The van der Waals surface area contributed by atoms with E-state index in [1.54, 1.807) is 24.3 Å². The van der Waals surface area contributed by atoms with Crippen LogP contribution in [0.5, 0.6) is 5.75 Å². The number of nitrogens with one attached hydrogen (secondary N) is 2. The van der Waals surface area contributed by atoms with E-state index in [2.05, 4.69) is 10.0 Å². The van der Waals surface area contributed by atoms with Gasteiger partial charge < -0.3 is 14.8 Å². The van der Waals surface area contributed by atoms with Gasteiger partial charge >= 0.3 is 0 Å². The highest BCUT2D eigenvalue weighted by atomic mass is 35.5. The number of ether oxygens (including phenoxy) is 2. The summed E-state index contributed by atoms with van der Waals surface area (Å²) in [5.74, 6) is -0.645. The van der Waals surface area contributed by atoms with Crippen LogP contribution < -0.4 is 19.7 Å². The SMILES string of the molecule is COc1ccccc1N(CC(=O)NC[C@@H]1CCCO1)C(=O)CNS(=O)(=O)c1ccc(Cl)cc1. The molecule has 1 heterocycles. The lowest BCUT2D eigenvalue weighted by Crippen LogP contribution is -2.46. The minimum absolute atomic E-state index is 0.0298. The Morgan fingerprint density at radius 3 is 2.58 bits per heavy atom. The van der Waals surface area contributed by atoms with Gasteiger partial charge in [-0.3, -0.25) is 14.5 Å². The fourth-order valence-corrected chi connectivity index (χ4v) is 4.44. The molecule has 1 atom stereocenters. The van der Waals surface area contributed by atoms with Crippen molar-refractivity contribution < 1.29 is 27.5 Å². The number of hydrogen-bond acceptors (Lipinski definition) is 6. The van der Waals surface area contributed by atoms with Crippen LogP contribution in [0.1, 0.15) is 12.8 Å². The minimum Gasteiger partial charge on any atom is -0.495 e. The summed E-state index contributed by atoms with van der Waals surface area (Å²) in [5.41, 5.74) is 0.350. The van der Waals surface area contributed by atoms with Crippen LogP contribution in [0.2, 0.25) is 5.02 Å². The first-order chi connectivity index (χ1) is 15.8. The zero-order valence-electron chi connectivity index (χ0n) is 18.1. The van der Waals surface area contributed by atoms with E-state index in [-0.39, 0.29) is 17.5 Å². The molecule has 0 aromatic heterocycles. The van der Waals surface area contributed by atoms with E-state index in [9.17, 15) is 18.0 Å². The maximum Gasteiger partial charge on any atom is 0.242 e. The molecule has 2 N–H and O–H groups in total. The summed E-state index contributed by atoms with van der Waals surface area (Å²) in [6.45, 7) is 0.146. The van der Waals surface area contributed by atoms with Crippen LogP contribution in [0.15, 0.2) is 53.4 Å². The molecule has 2 aromatic carbocycles. The van der Waals surface area contributed by atoms with Crippen LogP contribution in [-0.4, -0.2) is 59.7 Å². The number of methoxy groups -OCH3 is 1. The number of sulfonamides is 1. The summed E-state index contributed by atoms with van der Waals surface area (Å²) >= 11 is 5.81. The summed E-state index contributed by atoms with van der Waals surface area (Å²) < 4.78 is 38.2. The zero-order chi connectivity index (χ0) is 23.8. The summed E-state index contributed by atoms with van der Waals surface area (Å²) in [7, 11) is -2.51. The molecule has 0 aliphatic carbocycles. The lowest BCUT2D eigenvalue weighted by atomic mass is 10.2. The van der Waals surface area contributed by atoms with Gasteiger partial charge in [-0.25, -0.2) is 13.1 Å². The Bertz CT molecular complexity index is 1070. The molecule has 0 unspecified atom stereocenters. The maximum atomic E-state index is 13.1. The second-order valence-corrected chi connectivity index (χ2v) is 9.57. The maximum absolute atomic E-state index is 13.1. The predicted molar refractivity (Wildman–Crippen MR) is 124 cm³/mol. The molecule has 1 aliphatic rings. The largest absolute Gasteiger partial charge is 0.495 e. The average Bonchev–Trinajstić information content (AvgIpc) is 3.34. The van der Waals surface area contributed by atoms with Crippen molar-refractivity contribution in [3.05, 3.63) is 53.6 Å². The van der Waals surface area contributed by atoms with Crippen LogP contribution in [-0.2, 0) is 24.3 Å². The van der Waals surface area contributed by atoms with Crippen LogP contribution in [0.3, 0.4) is 0 Å². The summed E-state index contributed by atoms with van der Waals surface area (Å²) in [5, 5.41) is 3.16. The molecule has 2 aromatic rings. The third-order valence-electron chi connectivity index (χ3n) is 5.07. The molecular weight excluding hydrogens is 470 g/mol. The van der Waals surface area contributed by atoms with Crippen LogP contribution in [0, 0.1) is 0 Å². The molecule has 3 rings (SSSR count). The van der Waals surface area contributed by atoms with Crippen molar-refractivity contribution in [2.45, 2.75) is 23.8 Å². The number of amides is 2. The van der Waals surface area contributed by atoms with Crippen molar-refractivity contribution in [1.82, 2.24) is 10.0 Å². The highest BCUT2D eigenvalue weighted by Gasteiger charge is 2.25. The van der Waals surface area contributed by atoms with E-state index in [4.69, 9.17) is 21.1 Å². The highest BCUT2D eigenvalue weighted by molar-refractivity contribution is 7.89. The second-order valence-electron chi connectivity index (χ2n) is 7.37. The van der Waals surface area contributed by atoms with Gasteiger partial charge in [-0.05, 0) is 49.2 Å². The fraction of sp³-hybridized carbons (Fsp3) is 0.364. The highest BCUT2D eigenvalue weighted by Crippen LogP contribution is 2.27. The number of anilines is 1. The molecule has 9 nitrogen and oxygen atoms in total. The molecule has 0 saturated carbocycles. The quantitative estimate of drug-likeness (QED) is 0.521. The van der Waals surface area contributed by atoms with E-state index < -0.39 is 28.4 Å². The zero-order valence-corrected chi connectivity index (χ0v) is 19.7. The van der Waals surface area contributed by atoms with E-state index in [0.717, 1.165) is 12.8 Å². The number of para-hydroxylation sites is 2. The standard InChI is InChI=1S/C22H26ClN3O6S/c1-31-20-7-3-2-6-19(20)26(15-21(27)24-13-17-5-4-12-32-17)22(28)14-25-33(29,30)18-10-8-16(23)9-11-18/h2-3,6-11,17,25H,4-5,12-15H2,1H3,(H,24,27)/t17-/m0/s1. The van der Waals surface area contributed by atoms with Gasteiger partial charge in [0.05, 0.1) is 30.3 Å². The normalized spacial score (nSPS) is 15.8. The van der Waals surface area contributed by atoms with Gasteiger partial charge in [-0.1, -0.05) is 23.7 Å². The van der Waals surface area contributed by atoms with Crippen molar-refractivity contribution >= 4 is 39.1 Å². The Labute approximate surface area is 198 Å². The number of hydrogen-bond donors (Lipinski definition) is 2. The van der Waals surface area contributed by atoms with Gasteiger partial charge in [-0.15, -0.1) is 0 Å². The van der Waals surface area contributed by atoms with Gasteiger partial charge in [0.15, 0.2) is 0 Å². The average molecular weight is 496 g/mol. The fourth-order valence-electron chi connectivity index (χ4n) is 3.34. The first kappa shape index (κ1) is 25.0. The third-order valence-corrected chi connectivity index (χ3v) is 6.74. The van der Waals surface area contributed by atoms with E-state index in [1.165, 1.54) is 36.3 Å². The second kappa shape index (κ2) is 11.5. The van der Waals surface area contributed by atoms with Crippen LogP contribution >= 0.6 is 11.6 Å². The third kappa shape index (κ3) is 6.91. The van der Waals surface area contributed by atoms with Crippen molar-refractivity contribution in [3.8, 4) is 5.75 Å². The number of benzene rings is 2. The smallest absolute Gasteiger partial charge is 0.242 e. The minimum atomic E-state index is -3.96. The van der Waals surface area contributed by atoms with Crippen molar-refractivity contribution in [2.75, 3.05) is 38.3 Å². The Morgan fingerprint density at radius 1 is 1.18 bits per heavy atom. The van der Waals surface area contributed by atoms with Gasteiger partial charge in [0.1, 0.15) is 12.3 Å². The summed E-state index contributed by atoms with van der Waals surface area (Å²) in [4.78, 5) is 26.8. The predicted octanol–water partition coefficient (Wildman–Crippen LogP) is 1.96. The molecule has 0 radical (unpaired) electrons. The molecular formula is C22H26ClN3O6S. The van der Waals surface area contributed by atoms with Crippen molar-refractivity contribution in [1.29, 1.82) is 0 Å². The summed E-state index contributed by atoms with van der Waals surface area (Å²) in [6, 6.07) is 12.3. The summed E-state index contributed by atoms with van der Waals surface area (Å²) in [6.07, 6.45) is 1.76. The van der Waals surface area contributed by atoms with E-state index >= 15 is 0 Å².